The molecule has 0 fully saturated rings. The van der Waals surface area contributed by atoms with Gasteiger partial charge in [-0.15, -0.1) is 0 Å². The Kier molecular flexibility index (Phi) is 2.95. The number of imidazole rings is 1. The lowest BCUT2D eigenvalue weighted by Gasteiger charge is -2.07. The minimum absolute atomic E-state index is 0.758. The summed E-state index contributed by atoms with van der Waals surface area (Å²) in [6.45, 7) is 3.14. The van der Waals surface area contributed by atoms with Crippen LogP contribution >= 0.6 is 0 Å². The van der Waals surface area contributed by atoms with Gasteiger partial charge in [-0.25, -0.2) is 4.98 Å². The zero-order chi connectivity index (χ0) is 13.2. The standard InChI is InChI=1S/C16H17N3/c1-2-10-19-15-9-8-13(17)11-14(15)18-16(19)12-6-4-3-5-7-12/h3-9,11H,2,10,17H2,1H3. The highest BCUT2D eigenvalue weighted by Crippen LogP contribution is 2.26. The van der Waals surface area contributed by atoms with Gasteiger partial charge in [0.2, 0.25) is 0 Å². The van der Waals surface area contributed by atoms with Gasteiger partial charge in [-0.2, -0.15) is 0 Å². The maximum atomic E-state index is 5.85. The van der Waals surface area contributed by atoms with Crippen LogP contribution in [0.25, 0.3) is 22.4 Å². The van der Waals surface area contributed by atoms with Crippen LogP contribution in [-0.4, -0.2) is 9.55 Å². The number of hydrogen-bond donors (Lipinski definition) is 1. The summed E-state index contributed by atoms with van der Waals surface area (Å²) in [5, 5.41) is 0. The van der Waals surface area contributed by atoms with E-state index in [0.29, 0.717) is 0 Å². The van der Waals surface area contributed by atoms with Crippen molar-refractivity contribution in [1.82, 2.24) is 9.55 Å². The van der Waals surface area contributed by atoms with Gasteiger partial charge in [-0.3, -0.25) is 0 Å². The van der Waals surface area contributed by atoms with Gasteiger partial charge < -0.3 is 10.3 Å². The Morgan fingerprint density at radius 3 is 2.63 bits per heavy atom. The van der Waals surface area contributed by atoms with Crippen LogP contribution in [0.15, 0.2) is 48.5 Å². The third-order valence-corrected chi connectivity index (χ3v) is 3.25. The molecular weight excluding hydrogens is 234 g/mol. The number of nitrogens with two attached hydrogens (primary N) is 1. The number of benzene rings is 2. The Balaban J connectivity index is 2.26. The zero-order valence-corrected chi connectivity index (χ0v) is 11.0. The molecule has 3 rings (SSSR count). The number of aryl methyl sites for hydroxylation is 1. The summed E-state index contributed by atoms with van der Waals surface area (Å²) in [7, 11) is 0. The molecule has 1 aromatic heterocycles. The van der Waals surface area contributed by atoms with E-state index in [2.05, 4.69) is 29.7 Å². The van der Waals surface area contributed by atoms with Crippen LogP contribution in [-0.2, 0) is 6.54 Å². The fourth-order valence-electron chi connectivity index (χ4n) is 2.40. The summed E-state index contributed by atoms with van der Waals surface area (Å²) < 4.78 is 2.27. The summed E-state index contributed by atoms with van der Waals surface area (Å²) in [6.07, 6.45) is 1.08. The van der Waals surface area contributed by atoms with E-state index in [9.17, 15) is 0 Å². The van der Waals surface area contributed by atoms with E-state index in [0.717, 1.165) is 41.1 Å². The van der Waals surface area contributed by atoms with Gasteiger partial charge >= 0.3 is 0 Å². The fourth-order valence-corrected chi connectivity index (χ4v) is 2.40. The highest BCUT2D eigenvalue weighted by Gasteiger charge is 2.11. The molecule has 2 aromatic carbocycles. The van der Waals surface area contributed by atoms with Crippen molar-refractivity contribution >= 4 is 16.7 Å². The van der Waals surface area contributed by atoms with E-state index in [4.69, 9.17) is 10.7 Å². The zero-order valence-electron chi connectivity index (χ0n) is 11.0. The molecule has 0 aliphatic heterocycles. The highest BCUT2D eigenvalue weighted by atomic mass is 15.1. The first-order valence-corrected chi connectivity index (χ1v) is 6.61. The summed E-state index contributed by atoms with van der Waals surface area (Å²) in [5.41, 5.74) is 9.86. The second-order valence-electron chi connectivity index (χ2n) is 4.70. The summed E-state index contributed by atoms with van der Waals surface area (Å²) in [4.78, 5) is 4.75. The van der Waals surface area contributed by atoms with Gasteiger partial charge in [-0.1, -0.05) is 37.3 Å². The van der Waals surface area contributed by atoms with Crippen molar-refractivity contribution < 1.29 is 0 Å². The van der Waals surface area contributed by atoms with Crippen molar-refractivity contribution in [1.29, 1.82) is 0 Å². The van der Waals surface area contributed by atoms with Gasteiger partial charge in [0.05, 0.1) is 11.0 Å². The second kappa shape index (κ2) is 4.76. The largest absolute Gasteiger partial charge is 0.399 e. The third-order valence-electron chi connectivity index (χ3n) is 3.25. The summed E-state index contributed by atoms with van der Waals surface area (Å²) in [6, 6.07) is 16.2. The summed E-state index contributed by atoms with van der Waals surface area (Å²) in [5.74, 6) is 1.02. The molecule has 0 saturated heterocycles. The molecule has 3 heteroatoms. The summed E-state index contributed by atoms with van der Waals surface area (Å²) >= 11 is 0. The molecule has 0 radical (unpaired) electrons. The van der Waals surface area contributed by atoms with E-state index in [1.54, 1.807) is 0 Å². The molecule has 1 heterocycles. The van der Waals surface area contributed by atoms with Crippen molar-refractivity contribution in [3.8, 4) is 11.4 Å². The van der Waals surface area contributed by atoms with Crippen LogP contribution in [0.1, 0.15) is 13.3 Å². The molecule has 19 heavy (non-hydrogen) atoms. The molecule has 0 aliphatic carbocycles. The first kappa shape index (κ1) is 11.8. The van der Waals surface area contributed by atoms with Crippen molar-refractivity contribution in [3.05, 3.63) is 48.5 Å². The quantitative estimate of drug-likeness (QED) is 0.721. The molecule has 0 bridgehead atoms. The monoisotopic (exact) mass is 251 g/mol. The third kappa shape index (κ3) is 2.08. The Morgan fingerprint density at radius 2 is 1.89 bits per heavy atom. The molecule has 0 saturated carbocycles. The molecular formula is C16H17N3. The molecule has 3 aromatic rings. The highest BCUT2D eigenvalue weighted by molar-refractivity contribution is 5.83. The second-order valence-corrected chi connectivity index (χ2v) is 4.70. The molecule has 0 aliphatic rings. The molecule has 2 N–H and O–H groups in total. The van der Waals surface area contributed by atoms with Crippen LogP contribution in [0.5, 0.6) is 0 Å². The number of aromatic nitrogens is 2. The first-order chi connectivity index (χ1) is 9.29. The lowest BCUT2D eigenvalue weighted by Crippen LogP contribution is -1.99. The predicted molar refractivity (Wildman–Crippen MR) is 79.9 cm³/mol. The van der Waals surface area contributed by atoms with Gasteiger partial charge in [0, 0.05) is 17.8 Å². The topological polar surface area (TPSA) is 43.8 Å². The van der Waals surface area contributed by atoms with Gasteiger partial charge in [0.1, 0.15) is 5.82 Å². The van der Waals surface area contributed by atoms with Crippen LogP contribution in [0.2, 0.25) is 0 Å². The van der Waals surface area contributed by atoms with Gasteiger partial charge in [0.15, 0.2) is 0 Å². The van der Waals surface area contributed by atoms with Crippen molar-refractivity contribution in [2.45, 2.75) is 19.9 Å². The van der Waals surface area contributed by atoms with Crippen LogP contribution < -0.4 is 5.73 Å². The SMILES string of the molecule is CCCn1c(-c2ccccc2)nc2cc(N)ccc21. The number of rotatable bonds is 3. The van der Waals surface area contributed by atoms with E-state index >= 15 is 0 Å². The maximum absolute atomic E-state index is 5.85. The normalized spacial score (nSPS) is 11.0. The Bertz CT molecular complexity index is 699. The van der Waals surface area contributed by atoms with Crippen LogP contribution in [0, 0.1) is 0 Å². The number of hydrogen-bond acceptors (Lipinski definition) is 2. The smallest absolute Gasteiger partial charge is 0.141 e. The molecule has 3 nitrogen and oxygen atoms in total. The molecule has 0 atom stereocenters. The molecule has 0 spiro atoms. The van der Waals surface area contributed by atoms with E-state index < -0.39 is 0 Å². The number of anilines is 1. The van der Waals surface area contributed by atoms with E-state index in [1.807, 2.05) is 30.3 Å². The van der Waals surface area contributed by atoms with Crippen LogP contribution in [0.4, 0.5) is 5.69 Å². The minimum atomic E-state index is 0.758. The molecule has 0 unspecified atom stereocenters. The average molecular weight is 251 g/mol. The van der Waals surface area contributed by atoms with E-state index in [-0.39, 0.29) is 0 Å². The van der Waals surface area contributed by atoms with Crippen molar-refractivity contribution in [3.63, 3.8) is 0 Å². The Labute approximate surface area is 112 Å². The number of fused-ring (bicyclic) bond motifs is 1. The van der Waals surface area contributed by atoms with Crippen LogP contribution in [0.3, 0.4) is 0 Å². The van der Waals surface area contributed by atoms with Gasteiger partial charge in [0.25, 0.3) is 0 Å². The Morgan fingerprint density at radius 1 is 1.11 bits per heavy atom. The Hall–Kier alpha value is -2.29. The van der Waals surface area contributed by atoms with Crippen molar-refractivity contribution in [2.24, 2.45) is 0 Å². The number of nitrogen functional groups attached to an aromatic ring is 1. The fraction of sp³-hybridized carbons (Fsp3) is 0.188. The lowest BCUT2D eigenvalue weighted by molar-refractivity contribution is 0.704. The minimum Gasteiger partial charge on any atom is -0.399 e. The van der Waals surface area contributed by atoms with Crippen molar-refractivity contribution in [2.75, 3.05) is 5.73 Å². The molecule has 96 valence electrons. The lowest BCUT2D eigenvalue weighted by atomic mass is 10.2. The van der Waals surface area contributed by atoms with Gasteiger partial charge in [-0.05, 0) is 24.6 Å². The molecule has 0 amide bonds. The first-order valence-electron chi connectivity index (χ1n) is 6.61. The number of nitrogens with zero attached hydrogens (tertiary/aromatic N) is 2. The maximum Gasteiger partial charge on any atom is 0.141 e. The average Bonchev–Trinajstić information content (AvgIpc) is 2.78. The predicted octanol–water partition coefficient (Wildman–Crippen LogP) is 3.70. The van der Waals surface area contributed by atoms with E-state index in [1.165, 1.54) is 0 Å².